The highest BCUT2D eigenvalue weighted by Crippen LogP contribution is 2.28. The molecule has 0 heterocycles. The Morgan fingerprint density at radius 1 is 1.12 bits per heavy atom. The van der Waals surface area contributed by atoms with Crippen LogP contribution in [-0.4, -0.2) is 51.4 Å². The first kappa shape index (κ1) is 25.7. The van der Waals surface area contributed by atoms with Crippen LogP contribution in [0.25, 0.3) is 0 Å². The lowest BCUT2D eigenvalue weighted by Gasteiger charge is -2.23. The first-order valence-corrected chi connectivity index (χ1v) is 13.1. The van der Waals surface area contributed by atoms with Crippen molar-refractivity contribution in [1.82, 2.24) is 9.62 Å². The molecule has 0 radical (unpaired) electrons. The Bertz CT molecular complexity index is 1130. The molecule has 0 aromatic heterocycles. The minimum Gasteiger partial charge on any atom is -0.495 e. The molecule has 184 valence electrons. The molecule has 2 aromatic rings. The number of ether oxygens (including phenoxy) is 1. The minimum absolute atomic E-state index is 0.0754. The van der Waals surface area contributed by atoms with Crippen LogP contribution in [0.15, 0.2) is 47.4 Å². The number of rotatable bonds is 10. The fourth-order valence-electron chi connectivity index (χ4n) is 4.13. The summed E-state index contributed by atoms with van der Waals surface area (Å²) in [6.45, 7) is 4.02. The van der Waals surface area contributed by atoms with Gasteiger partial charge in [-0.15, -0.1) is 0 Å². The second-order valence-electron chi connectivity index (χ2n) is 8.56. The maximum atomic E-state index is 13.3. The summed E-state index contributed by atoms with van der Waals surface area (Å²) in [6.07, 6.45) is 4.20. The van der Waals surface area contributed by atoms with Gasteiger partial charge in [0.2, 0.25) is 15.9 Å². The summed E-state index contributed by atoms with van der Waals surface area (Å²) in [6, 6.07) is 11.6. The van der Waals surface area contributed by atoms with E-state index in [2.05, 4.69) is 10.0 Å². The summed E-state index contributed by atoms with van der Waals surface area (Å²) in [5, 5.41) is 2.84. The molecule has 1 fully saturated rings. The zero-order valence-electron chi connectivity index (χ0n) is 20.0. The molecule has 2 aromatic carbocycles. The molecule has 0 aliphatic heterocycles. The third-order valence-electron chi connectivity index (χ3n) is 5.91. The van der Waals surface area contributed by atoms with Gasteiger partial charge in [0.15, 0.2) is 0 Å². The quantitative estimate of drug-likeness (QED) is 0.532. The molecule has 2 amide bonds. The maximum absolute atomic E-state index is 13.3. The number of nitrogens with zero attached hydrogens (tertiary/aromatic N) is 1. The number of nitrogens with one attached hydrogen (secondary N) is 2. The van der Waals surface area contributed by atoms with Gasteiger partial charge < -0.3 is 15.0 Å². The van der Waals surface area contributed by atoms with Crippen LogP contribution < -0.4 is 14.8 Å². The molecule has 1 saturated carbocycles. The number of sulfonamides is 1. The van der Waals surface area contributed by atoms with E-state index in [0.717, 1.165) is 31.2 Å². The van der Waals surface area contributed by atoms with E-state index in [9.17, 15) is 18.0 Å². The highest BCUT2D eigenvalue weighted by molar-refractivity contribution is 7.89. The van der Waals surface area contributed by atoms with Crippen LogP contribution >= 0.6 is 0 Å². The molecular weight excluding hydrogens is 454 g/mol. The van der Waals surface area contributed by atoms with Gasteiger partial charge in [0.25, 0.3) is 5.91 Å². The van der Waals surface area contributed by atoms with E-state index < -0.39 is 15.9 Å². The van der Waals surface area contributed by atoms with Crippen LogP contribution in [0.4, 0.5) is 5.69 Å². The van der Waals surface area contributed by atoms with E-state index in [1.165, 1.54) is 30.2 Å². The van der Waals surface area contributed by atoms with Crippen LogP contribution in [-0.2, 0) is 14.8 Å². The van der Waals surface area contributed by atoms with Crippen LogP contribution in [0.5, 0.6) is 5.75 Å². The molecule has 2 N–H and O–H groups in total. The fraction of sp³-hybridized carbons (Fsp3) is 0.440. The Morgan fingerprint density at radius 2 is 1.82 bits per heavy atom. The summed E-state index contributed by atoms with van der Waals surface area (Å²) < 4.78 is 34.1. The molecule has 3 rings (SSSR count). The monoisotopic (exact) mass is 487 g/mol. The fourth-order valence-corrected chi connectivity index (χ4v) is 5.63. The Kier molecular flexibility index (Phi) is 8.68. The molecule has 34 heavy (non-hydrogen) atoms. The van der Waals surface area contributed by atoms with Crippen molar-refractivity contribution >= 4 is 27.5 Å². The van der Waals surface area contributed by atoms with Gasteiger partial charge in [0, 0.05) is 23.8 Å². The van der Waals surface area contributed by atoms with Gasteiger partial charge in [-0.05, 0) is 56.0 Å². The third-order valence-corrected chi connectivity index (χ3v) is 7.45. The molecule has 0 spiro atoms. The number of carbonyl (C=O) groups is 2. The van der Waals surface area contributed by atoms with E-state index in [1.807, 2.05) is 32.0 Å². The number of aryl methyl sites for hydroxylation is 1. The van der Waals surface area contributed by atoms with Crippen LogP contribution in [0.1, 0.15) is 54.9 Å². The van der Waals surface area contributed by atoms with Gasteiger partial charge in [-0.1, -0.05) is 38.0 Å². The average molecular weight is 488 g/mol. The van der Waals surface area contributed by atoms with Crippen molar-refractivity contribution in [3.8, 4) is 5.75 Å². The van der Waals surface area contributed by atoms with Crippen molar-refractivity contribution < 1.29 is 22.7 Å². The summed E-state index contributed by atoms with van der Waals surface area (Å²) in [5.41, 5.74) is 1.79. The Hall–Kier alpha value is -2.91. The molecule has 1 aliphatic rings. The van der Waals surface area contributed by atoms with E-state index in [4.69, 9.17) is 4.74 Å². The number of hydrogen-bond acceptors (Lipinski definition) is 5. The number of para-hydroxylation sites is 1. The Morgan fingerprint density at radius 3 is 2.47 bits per heavy atom. The first-order valence-electron chi connectivity index (χ1n) is 11.6. The van der Waals surface area contributed by atoms with Crippen molar-refractivity contribution in [3.05, 3.63) is 53.6 Å². The van der Waals surface area contributed by atoms with Crippen LogP contribution in [0.3, 0.4) is 0 Å². The molecule has 0 saturated heterocycles. The zero-order chi connectivity index (χ0) is 24.7. The molecule has 0 unspecified atom stereocenters. The molecular formula is C25H33N3O5S. The lowest BCUT2D eigenvalue weighted by atomic mass is 10.1. The molecule has 1 aliphatic carbocycles. The standard InChI is InChI=1S/C25H33N3O5S/c1-4-15-28(17-24(29)26-21-12-8-5-9-18(21)2)25(30)19-13-14-22(33-3)23(16-19)34(31,32)27-20-10-6-7-11-20/h5,8-9,12-14,16,20,27H,4,6-7,10-11,15,17H2,1-3H3,(H,26,29). The molecule has 0 atom stereocenters. The number of methoxy groups -OCH3 is 1. The van der Waals surface area contributed by atoms with E-state index in [0.29, 0.717) is 18.7 Å². The topological polar surface area (TPSA) is 105 Å². The van der Waals surface area contributed by atoms with E-state index in [1.54, 1.807) is 6.07 Å². The molecule has 0 bridgehead atoms. The first-order chi connectivity index (χ1) is 16.2. The van der Waals surface area contributed by atoms with Crippen molar-refractivity contribution in [2.24, 2.45) is 0 Å². The summed E-state index contributed by atoms with van der Waals surface area (Å²) in [7, 11) is -2.48. The molecule has 9 heteroatoms. The van der Waals surface area contributed by atoms with Crippen molar-refractivity contribution in [3.63, 3.8) is 0 Å². The Balaban J connectivity index is 1.81. The van der Waals surface area contributed by atoms with Crippen LogP contribution in [0.2, 0.25) is 0 Å². The third kappa shape index (κ3) is 6.36. The van der Waals surface area contributed by atoms with Gasteiger partial charge in [-0.3, -0.25) is 9.59 Å². The number of amides is 2. The number of benzene rings is 2. The lowest BCUT2D eigenvalue weighted by Crippen LogP contribution is -2.39. The second kappa shape index (κ2) is 11.5. The minimum atomic E-state index is -3.87. The number of anilines is 1. The van der Waals surface area contributed by atoms with Gasteiger partial charge in [0.05, 0.1) is 7.11 Å². The van der Waals surface area contributed by atoms with E-state index >= 15 is 0 Å². The average Bonchev–Trinajstić information content (AvgIpc) is 3.31. The smallest absolute Gasteiger partial charge is 0.254 e. The highest BCUT2D eigenvalue weighted by atomic mass is 32.2. The summed E-state index contributed by atoms with van der Waals surface area (Å²) >= 11 is 0. The molecule has 8 nitrogen and oxygen atoms in total. The van der Waals surface area contributed by atoms with Crippen molar-refractivity contribution in [2.75, 3.05) is 25.5 Å². The number of hydrogen-bond donors (Lipinski definition) is 2. The number of carbonyl (C=O) groups excluding carboxylic acids is 2. The normalized spacial score (nSPS) is 14.1. The van der Waals surface area contributed by atoms with Crippen molar-refractivity contribution in [1.29, 1.82) is 0 Å². The summed E-state index contributed by atoms with van der Waals surface area (Å²) in [5.74, 6) is -0.566. The van der Waals surface area contributed by atoms with Crippen molar-refractivity contribution in [2.45, 2.75) is 56.9 Å². The van der Waals surface area contributed by atoms with Crippen LogP contribution in [0, 0.1) is 6.92 Å². The van der Waals surface area contributed by atoms with Gasteiger partial charge in [0.1, 0.15) is 17.2 Å². The SMILES string of the molecule is CCCN(CC(=O)Nc1ccccc1C)C(=O)c1ccc(OC)c(S(=O)(=O)NC2CCCC2)c1. The maximum Gasteiger partial charge on any atom is 0.254 e. The largest absolute Gasteiger partial charge is 0.495 e. The lowest BCUT2D eigenvalue weighted by molar-refractivity contribution is -0.116. The zero-order valence-corrected chi connectivity index (χ0v) is 20.8. The Labute approximate surface area is 201 Å². The highest BCUT2D eigenvalue weighted by Gasteiger charge is 2.28. The van der Waals surface area contributed by atoms with Gasteiger partial charge >= 0.3 is 0 Å². The van der Waals surface area contributed by atoms with Gasteiger partial charge in [-0.2, -0.15) is 0 Å². The van der Waals surface area contributed by atoms with Gasteiger partial charge in [-0.25, -0.2) is 13.1 Å². The predicted octanol–water partition coefficient (Wildman–Crippen LogP) is 3.72. The summed E-state index contributed by atoms with van der Waals surface area (Å²) in [4.78, 5) is 27.3. The predicted molar refractivity (Wildman–Crippen MR) is 132 cm³/mol. The van der Waals surface area contributed by atoms with E-state index in [-0.39, 0.29) is 34.7 Å². The second-order valence-corrected chi connectivity index (χ2v) is 10.2.